The standard InChI is InChI=1S/C19H25N3O3/c1-12(2)21-13-3-4-17-15(9-13)18(16-11-25-8-6-20-16)19(23)22(17)14-5-7-24-10-14/h3-4,9,12,14,20-21H,5-8,10-11H2,1-2H3/b18-16-. The Kier molecular flexibility index (Phi) is 4.39. The van der Waals surface area contributed by atoms with Gasteiger partial charge in [-0.2, -0.15) is 0 Å². The van der Waals surface area contributed by atoms with Crippen LogP contribution in [0.25, 0.3) is 5.57 Å². The van der Waals surface area contributed by atoms with Crippen LogP contribution in [0.15, 0.2) is 23.9 Å². The number of fused-ring (bicyclic) bond motifs is 1. The number of amides is 1. The van der Waals surface area contributed by atoms with E-state index in [4.69, 9.17) is 9.47 Å². The van der Waals surface area contributed by atoms with Crippen molar-refractivity contribution in [3.05, 3.63) is 29.5 Å². The third kappa shape index (κ3) is 3.00. The van der Waals surface area contributed by atoms with E-state index in [9.17, 15) is 4.79 Å². The zero-order valence-corrected chi connectivity index (χ0v) is 14.8. The molecule has 0 radical (unpaired) electrons. The highest BCUT2D eigenvalue weighted by molar-refractivity contribution is 6.33. The maximum absolute atomic E-state index is 13.3. The molecule has 1 unspecified atom stereocenters. The maximum Gasteiger partial charge on any atom is 0.261 e. The molecule has 1 aromatic rings. The molecule has 4 rings (SSSR count). The number of ether oxygens (including phenoxy) is 2. The van der Waals surface area contributed by atoms with E-state index >= 15 is 0 Å². The highest BCUT2D eigenvalue weighted by atomic mass is 16.5. The van der Waals surface area contributed by atoms with Crippen LogP contribution in [-0.4, -0.2) is 51.0 Å². The lowest BCUT2D eigenvalue weighted by Crippen LogP contribution is -2.39. The molecule has 1 amide bonds. The van der Waals surface area contributed by atoms with Crippen molar-refractivity contribution < 1.29 is 14.3 Å². The Bertz CT molecular complexity index is 700. The van der Waals surface area contributed by atoms with Crippen LogP contribution >= 0.6 is 0 Å². The fourth-order valence-electron chi connectivity index (χ4n) is 3.75. The van der Waals surface area contributed by atoms with E-state index in [2.05, 4.69) is 30.5 Å². The molecule has 2 fully saturated rings. The van der Waals surface area contributed by atoms with E-state index in [-0.39, 0.29) is 11.9 Å². The second-order valence-electron chi connectivity index (χ2n) is 7.06. The van der Waals surface area contributed by atoms with Gasteiger partial charge in [-0.05, 0) is 38.5 Å². The Morgan fingerprint density at radius 3 is 2.84 bits per heavy atom. The van der Waals surface area contributed by atoms with Gasteiger partial charge in [0, 0.05) is 30.4 Å². The van der Waals surface area contributed by atoms with Crippen LogP contribution in [0, 0.1) is 0 Å². The van der Waals surface area contributed by atoms with Gasteiger partial charge in [-0.15, -0.1) is 0 Å². The van der Waals surface area contributed by atoms with E-state index in [1.807, 2.05) is 17.0 Å². The minimum absolute atomic E-state index is 0.0557. The monoisotopic (exact) mass is 343 g/mol. The molecule has 134 valence electrons. The average Bonchev–Trinajstić information content (AvgIpc) is 3.20. The highest BCUT2D eigenvalue weighted by Gasteiger charge is 2.40. The largest absolute Gasteiger partial charge is 0.383 e. The molecule has 3 aliphatic heterocycles. The van der Waals surface area contributed by atoms with Gasteiger partial charge >= 0.3 is 0 Å². The molecule has 0 spiro atoms. The third-order valence-corrected chi connectivity index (χ3v) is 4.82. The first kappa shape index (κ1) is 16.4. The molecule has 6 heteroatoms. The fourth-order valence-corrected chi connectivity index (χ4v) is 3.75. The number of rotatable bonds is 3. The number of hydrogen-bond acceptors (Lipinski definition) is 5. The van der Waals surface area contributed by atoms with Crippen molar-refractivity contribution in [1.29, 1.82) is 0 Å². The Hall–Kier alpha value is -2.05. The zero-order valence-electron chi connectivity index (χ0n) is 14.8. The summed E-state index contributed by atoms with van der Waals surface area (Å²) in [5, 5.41) is 6.79. The number of anilines is 2. The number of morpholine rings is 1. The molecule has 6 nitrogen and oxygen atoms in total. The Labute approximate surface area is 148 Å². The van der Waals surface area contributed by atoms with Gasteiger partial charge in [0.25, 0.3) is 5.91 Å². The van der Waals surface area contributed by atoms with Gasteiger partial charge in [0.2, 0.25) is 0 Å². The minimum atomic E-state index is 0.0557. The zero-order chi connectivity index (χ0) is 17.4. The van der Waals surface area contributed by atoms with E-state index < -0.39 is 0 Å². The van der Waals surface area contributed by atoms with Crippen LogP contribution in [0.2, 0.25) is 0 Å². The molecule has 0 aliphatic carbocycles. The molecule has 2 N–H and O–H groups in total. The number of benzene rings is 1. The molecule has 1 atom stereocenters. The van der Waals surface area contributed by atoms with Crippen LogP contribution in [0.4, 0.5) is 11.4 Å². The van der Waals surface area contributed by atoms with E-state index in [1.54, 1.807) is 0 Å². The SMILES string of the molecule is CC(C)Nc1ccc2c(c1)/C(=C1\COCCN1)C(=O)N2C1CCOC1. The summed E-state index contributed by atoms with van der Waals surface area (Å²) in [4.78, 5) is 15.2. The third-order valence-electron chi connectivity index (χ3n) is 4.82. The molecule has 3 heterocycles. The smallest absolute Gasteiger partial charge is 0.261 e. The molecule has 0 saturated carbocycles. The summed E-state index contributed by atoms with van der Waals surface area (Å²) in [6.45, 7) is 7.39. The predicted octanol–water partition coefficient (Wildman–Crippen LogP) is 1.97. The second-order valence-corrected chi connectivity index (χ2v) is 7.06. The van der Waals surface area contributed by atoms with Gasteiger partial charge in [-0.1, -0.05) is 0 Å². The number of hydrogen-bond donors (Lipinski definition) is 2. The van der Waals surface area contributed by atoms with Crippen molar-refractivity contribution in [2.45, 2.75) is 32.4 Å². The molecule has 25 heavy (non-hydrogen) atoms. The van der Waals surface area contributed by atoms with Crippen molar-refractivity contribution in [3.63, 3.8) is 0 Å². The van der Waals surface area contributed by atoms with Crippen molar-refractivity contribution >= 4 is 22.9 Å². The maximum atomic E-state index is 13.3. The number of carbonyl (C=O) groups excluding carboxylic acids is 1. The Balaban J connectivity index is 1.79. The lowest BCUT2D eigenvalue weighted by Gasteiger charge is -2.24. The van der Waals surface area contributed by atoms with Crippen molar-refractivity contribution in [3.8, 4) is 0 Å². The minimum Gasteiger partial charge on any atom is -0.383 e. The lowest BCUT2D eigenvalue weighted by molar-refractivity contribution is -0.113. The van der Waals surface area contributed by atoms with Crippen LogP contribution in [0.5, 0.6) is 0 Å². The normalized spacial score (nSPS) is 26.1. The molecular formula is C19H25N3O3. The summed E-state index contributed by atoms with van der Waals surface area (Å²) in [5.41, 5.74) is 4.62. The number of nitrogens with one attached hydrogen (secondary N) is 2. The molecule has 3 aliphatic rings. The summed E-state index contributed by atoms with van der Waals surface area (Å²) in [5.74, 6) is 0.0557. The average molecular weight is 343 g/mol. The lowest BCUT2D eigenvalue weighted by atomic mass is 10.0. The fraction of sp³-hybridized carbons (Fsp3) is 0.526. The first-order valence-corrected chi connectivity index (χ1v) is 9.02. The van der Waals surface area contributed by atoms with E-state index in [0.29, 0.717) is 32.5 Å². The summed E-state index contributed by atoms with van der Waals surface area (Å²) < 4.78 is 11.1. The second kappa shape index (κ2) is 6.69. The number of carbonyl (C=O) groups is 1. The summed E-state index contributed by atoms with van der Waals surface area (Å²) in [7, 11) is 0. The van der Waals surface area contributed by atoms with Gasteiger partial charge < -0.3 is 25.0 Å². The quantitative estimate of drug-likeness (QED) is 0.822. The van der Waals surface area contributed by atoms with E-state index in [1.165, 1.54) is 0 Å². The van der Waals surface area contributed by atoms with Gasteiger partial charge in [0.15, 0.2) is 0 Å². The molecular weight excluding hydrogens is 318 g/mol. The molecule has 1 aromatic carbocycles. The summed E-state index contributed by atoms with van der Waals surface area (Å²) in [6.07, 6.45) is 0.879. The first-order chi connectivity index (χ1) is 12.1. The van der Waals surface area contributed by atoms with Gasteiger partial charge in [-0.25, -0.2) is 0 Å². The van der Waals surface area contributed by atoms with Crippen molar-refractivity contribution in [2.75, 3.05) is 43.2 Å². The Morgan fingerprint density at radius 1 is 1.28 bits per heavy atom. The van der Waals surface area contributed by atoms with Gasteiger partial charge in [0.05, 0.1) is 42.8 Å². The van der Waals surface area contributed by atoms with Gasteiger partial charge in [-0.3, -0.25) is 4.79 Å². The first-order valence-electron chi connectivity index (χ1n) is 9.02. The molecule has 2 saturated heterocycles. The van der Waals surface area contributed by atoms with Crippen LogP contribution < -0.4 is 15.5 Å². The topological polar surface area (TPSA) is 62.8 Å². The van der Waals surface area contributed by atoms with Crippen LogP contribution in [0.3, 0.4) is 0 Å². The summed E-state index contributed by atoms with van der Waals surface area (Å²) >= 11 is 0. The van der Waals surface area contributed by atoms with Gasteiger partial charge in [0.1, 0.15) is 0 Å². The summed E-state index contributed by atoms with van der Waals surface area (Å²) in [6, 6.07) is 6.63. The van der Waals surface area contributed by atoms with Crippen molar-refractivity contribution in [1.82, 2.24) is 5.32 Å². The predicted molar refractivity (Wildman–Crippen MR) is 97.7 cm³/mol. The number of nitrogens with zero attached hydrogens (tertiary/aromatic N) is 1. The highest BCUT2D eigenvalue weighted by Crippen LogP contribution is 2.42. The van der Waals surface area contributed by atoms with E-state index in [0.717, 1.165) is 41.2 Å². The molecule has 0 aromatic heterocycles. The van der Waals surface area contributed by atoms with Crippen LogP contribution in [0.1, 0.15) is 25.8 Å². The van der Waals surface area contributed by atoms with Crippen molar-refractivity contribution in [2.24, 2.45) is 0 Å². The Morgan fingerprint density at radius 2 is 2.16 bits per heavy atom. The van der Waals surface area contributed by atoms with Crippen LogP contribution in [-0.2, 0) is 14.3 Å². The molecule has 0 bridgehead atoms.